The van der Waals surface area contributed by atoms with E-state index < -0.39 is 12.1 Å². The molecular formula is C20H27F3N2O6. The first-order valence-electron chi connectivity index (χ1n) is 9.95. The molecule has 0 bridgehead atoms. The molecule has 174 valence electrons. The second-order valence-corrected chi connectivity index (χ2v) is 7.31. The van der Waals surface area contributed by atoms with Gasteiger partial charge in [0.1, 0.15) is 6.61 Å². The van der Waals surface area contributed by atoms with Gasteiger partial charge in [-0.1, -0.05) is 0 Å². The Morgan fingerprint density at radius 3 is 2.45 bits per heavy atom. The van der Waals surface area contributed by atoms with Crippen molar-refractivity contribution in [2.24, 2.45) is 0 Å². The molecule has 1 amide bonds. The van der Waals surface area contributed by atoms with E-state index in [4.69, 9.17) is 24.1 Å². The van der Waals surface area contributed by atoms with Crippen LogP contribution in [-0.2, 0) is 30.4 Å². The van der Waals surface area contributed by atoms with E-state index in [1.54, 1.807) is 12.4 Å². The highest BCUT2D eigenvalue weighted by Gasteiger charge is 2.43. The van der Waals surface area contributed by atoms with Crippen LogP contribution >= 0.6 is 0 Å². The highest BCUT2D eigenvalue weighted by atomic mass is 19.4. The van der Waals surface area contributed by atoms with Crippen LogP contribution in [0.3, 0.4) is 0 Å². The van der Waals surface area contributed by atoms with Gasteiger partial charge in [-0.2, -0.15) is 13.2 Å². The van der Waals surface area contributed by atoms with Crippen molar-refractivity contribution < 1.29 is 42.1 Å². The zero-order chi connectivity index (χ0) is 22.9. The number of carboxylic acid groups (broad SMARTS) is 1. The highest BCUT2D eigenvalue weighted by molar-refractivity contribution is 5.77. The quantitative estimate of drug-likeness (QED) is 0.714. The maximum absolute atomic E-state index is 12.0. The summed E-state index contributed by atoms with van der Waals surface area (Å²) in [6.07, 6.45) is 1.26. The number of likely N-dealkylation sites (tertiary alicyclic amines) is 1. The van der Waals surface area contributed by atoms with Crippen molar-refractivity contribution in [1.82, 2.24) is 9.88 Å². The zero-order valence-corrected chi connectivity index (χ0v) is 17.3. The van der Waals surface area contributed by atoms with Gasteiger partial charge in [-0.3, -0.25) is 9.78 Å². The van der Waals surface area contributed by atoms with Crippen LogP contribution in [0.5, 0.6) is 0 Å². The van der Waals surface area contributed by atoms with Crippen molar-refractivity contribution in [3.63, 3.8) is 0 Å². The number of nitrogens with zero attached hydrogens (tertiary/aromatic N) is 2. The molecule has 1 unspecified atom stereocenters. The third-order valence-electron chi connectivity index (χ3n) is 5.11. The lowest BCUT2D eigenvalue weighted by Crippen LogP contribution is -2.47. The minimum absolute atomic E-state index is 0.0789. The molecule has 0 aliphatic carbocycles. The van der Waals surface area contributed by atoms with Crippen LogP contribution in [0.4, 0.5) is 13.2 Å². The van der Waals surface area contributed by atoms with Crippen molar-refractivity contribution in [2.75, 3.05) is 32.9 Å². The predicted octanol–water partition coefficient (Wildman–Crippen LogP) is 2.42. The van der Waals surface area contributed by atoms with Gasteiger partial charge in [0.15, 0.2) is 0 Å². The maximum atomic E-state index is 12.0. The Morgan fingerprint density at radius 2 is 1.90 bits per heavy atom. The van der Waals surface area contributed by atoms with Crippen LogP contribution in [-0.4, -0.2) is 77.7 Å². The molecule has 1 spiro atoms. The van der Waals surface area contributed by atoms with Gasteiger partial charge in [-0.15, -0.1) is 0 Å². The van der Waals surface area contributed by atoms with Gasteiger partial charge in [0.05, 0.1) is 24.9 Å². The summed E-state index contributed by atoms with van der Waals surface area (Å²) in [6, 6.07) is 3.93. The number of piperidine rings is 1. The fraction of sp³-hybridized carbons (Fsp3) is 0.650. The lowest BCUT2D eigenvalue weighted by atomic mass is 9.88. The second kappa shape index (κ2) is 11.4. The molecule has 1 atom stereocenters. The molecule has 2 saturated heterocycles. The van der Waals surface area contributed by atoms with Crippen LogP contribution in [0, 0.1) is 0 Å². The minimum atomic E-state index is -5.08. The largest absolute Gasteiger partial charge is 0.490 e. The summed E-state index contributed by atoms with van der Waals surface area (Å²) in [5.74, 6) is -2.68. The number of amides is 1. The molecule has 11 heteroatoms. The van der Waals surface area contributed by atoms with E-state index in [-0.39, 0.29) is 24.2 Å². The predicted molar refractivity (Wildman–Crippen MR) is 102 cm³/mol. The van der Waals surface area contributed by atoms with Crippen LogP contribution in [0.1, 0.15) is 31.7 Å². The third kappa shape index (κ3) is 8.08. The Morgan fingerprint density at radius 1 is 1.29 bits per heavy atom. The number of rotatable bonds is 6. The summed E-state index contributed by atoms with van der Waals surface area (Å²) in [7, 11) is 0. The molecular weight excluding hydrogens is 421 g/mol. The van der Waals surface area contributed by atoms with Crippen LogP contribution in [0.25, 0.3) is 0 Å². The summed E-state index contributed by atoms with van der Waals surface area (Å²) in [5, 5.41) is 7.12. The molecule has 1 aromatic heterocycles. The van der Waals surface area contributed by atoms with E-state index in [0.717, 1.165) is 37.9 Å². The average molecular weight is 448 g/mol. The van der Waals surface area contributed by atoms with E-state index in [1.807, 2.05) is 24.0 Å². The molecule has 2 aliphatic heterocycles. The number of aliphatic carboxylic acids is 1. The Kier molecular flexibility index (Phi) is 9.20. The summed E-state index contributed by atoms with van der Waals surface area (Å²) < 4.78 is 49.0. The van der Waals surface area contributed by atoms with Crippen molar-refractivity contribution in [2.45, 2.75) is 50.7 Å². The Balaban J connectivity index is 0.000000423. The molecule has 3 rings (SSSR count). The number of carbonyl (C=O) groups is 2. The molecule has 0 saturated carbocycles. The number of carboxylic acids is 1. The summed E-state index contributed by atoms with van der Waals surface area (Å²) in [6.45, 7) is 5.36. The lowest BCUT2D eigenvalue weighted by molar-refractivity contribution is -0.192. The van der Waals surface area contributed by atoms with Crippen LogP contribution in [0.15, 0.2) is 24.5 Å². The summed E-state index contributed by atoms with van der Waals surface area (Å²) in [4.78, 5) is 26.8. The Hall–Kier alpha value is -2.24. The van der Waals surface area contributed by atoms with Gasteiger partial charge < -0.3 is 24.2 Å². The number of pyridine rings is 1. The second-order valence-electron chi connectivity index (χ2n) is 7.31. The Labute approximate surface area is 178 Å². The van der Waals surface area contributed by atoms with Gasteiger partial charge in [0.25, 0.3) is 0 Å². The third-order valence-corrected chi connectivity index (χ3v) is 5.11. The number of carbonyl (C=O) groups excluding carboxylic acids is 1. The van der Waals surface area contributed by atoms with Crippen molar-refractivity contribution >= 4 is 11.9 Å². The van der Waals surface area contributed by atoms with Gasteiger partial charge >= 0.3 is 12.1 Å². The van der Waals surface area contributed by atoms with Crippen molar-refractivity contribution in [3.8, 4) is 0 Å². The highest BCUT2D eigenvalue weighted by Crippen LogP contribution is 2.37. The molecule has 0 aromatic carbocycles. The molecule has 8 nitrogen and oxygen atoms in total. The van der Waals surface area contributed by atoms with Gasteiger partial charge in [-0.05, 0) is 37.5 Å². The van der Waals surface area contributed by atoms with Crippen molar-refractivity contribution in [1.29, 1.82) is 0 Å². The molecule has 1 aromatic rings. The molecule has 3 heterocycles. The minimum Gasteiger partial charge on any atom is -0.475 e. The number of ether oxygens (including phenoxy) is 3. The van der Waals surface area contributed by atoms with E-state index in [2.05, 4.69) is 4.98 Å². The topological polar surface area (TPSA) is 98.2 Å². The van der Waals surface area contributed by atoms with Gasteiger partial charge in [-0.25, -0.2) is 4.79 Å². The molecule has 2 fully saturated rings. The standard InChI is InChI=1S/C18H26N2O4.C2HF3O2/c1-2-22-14-17(21)20-9-5-18(6-10-20)11-16(13-24-18)23-12-15-3-7-19-8-4-15;3-2(4,5)1(6)7/h3-4,7-8,16H,2,5-6,9-14H2,1H3;(H,6,7). The molecule has 2 aliphatic rings. The number of halogens is 3. The normalized spacial score (nSPS) is 20.3. The van der Waals surface area contributed by atoms with Gasteiger partial charge in [0.2, 0.25) is 5.91 Å². The number of hydrogen-bond acceptors (Lipinski definition) is 6. The first-order valence-corrected chi connectivity index (χ1v) is 9.95. The van der Waals surface area contributed by atoms with E-state index >= 15 is 0 Å². The van der Waals surface area contributed by atoms with Crippen LogP contribution in [0.2, 0.25) is 0 Å². The van der Waals surface area contributed by atoms with Crippen LogP contribution < -0.4 is 0 Å². The maximum Gasteiger partial charge on any atom is 0.490 e. The summed E-state index contributed by atoms with van der Waals surface area (Å²) in [5.41, 5.74) is 1.01. The first-order chi connectivity index (χ1) is 14.6. The Bertz CT molecular complexity index is 709. The number of aromatic nitrogens is 1. The van der Waals surface area contributed by atoms with Gasteiger partial charge in [0, 0.05) is 38.5 Å². The molecule has 1 N–H and O–H groups in total. The number of alkyl halides is 3. The summed E-state index contributed by atoms with van der Waals surface area (Å²) >= 11 is 0. The molecule has 0 radical (unpaired) electrons. The van der Waals surface area contributed by atoms with E-state index in [0.29, 0.717) is 19.8 Å². The SMILES string of the molecule is CCOCC(=O)N1CCC2(CC1)CC(OCc1ccncc1)CO2.O=C(O)C(F)(F)F. The van der Waals surface area contributed by atoms with Crippen molar-refractivity contribution in [3.05, 3.63) is 30.1 Å². The molecule has 31 heavy (non-hydrogen) atoms. The first kappa shape index (κ1) is 25.0. The fourth-order valence-electron chi connectivity index (χ4n) is 3.40. The lowest BCUT2D eigenvalue weighted by Gasteiger charge is -2.38. The average Bonchev–Trinajstić information content (AvgIpc) is 3.14. The fourth-order valence-corrected chi connectivity index (χ4v) is 3.40. The zero-order valence-electron chi connectivity index (χ0n) is 17.3. The monoisotopic (exact) mass is 448 g/mol. The van der Waals surface area contributed by atoms with E-state index in [1.165, 1.54) is 0 Å². The number of hydrogen-bond donors (Lipinski definition) is 1. The van der Waals surface area contributed by atoms with E-state index in [9.17, 15) is 18.0 Å². The smallest absolute Gasteiger partial charge is 0.475 e.